The summed E-state index contributed by atoms with van der Waals surface area (Å²) in [5, 5.41) is 9.88. The highest BCUT2D eigenvalue weighted by Crippen LogP contribution is 2.24. The lowest BCUT2D eigenvalue weighted by Crippen LogP contribution is -2.52. The van der Waals surface area contributed by atoms with Crippen LogP contribution in [0.3, 0.4) is 0 Å². The maximum Gasteiger partial charge on any atom is 0.0950 e. The molecule has 1 unspecified atom stereocenters. The maximum atomic E-state index is 9.88. The summed E-state index contributed by atoms with van der Waals surface area (Å²) in [7, 11) is 0. The minimum Gasteiger partial charge on any atom is -0.389 e. The fourth-order valence-corrected chi connectivity index (χ4v) is 3.75. The number of nitrogens with zero attached hydrogens (tertiary/aromatic N) is 2. The number of rotatable bonds is 2. The van der Waals surface area contributed by atoms with Crippen LogP contribution in [0.4, 0.5) is 0 Å². The van der Waals surface area contributed by atoms with Gasteiger partial charge in [-0.25, -0.2) is 0 Å². The average Bonchev–Trinajstić information content (AvgIpc) is 2.86. The number of piperidine rings is 2. The molecular weight excluding hydrogens is 228 g/mol. The SMILES string of the molecule is O[C@H]1COCC1N1CCC(N2CCCCC2)CC1. The number of hydrogen-bond acceptors (Lipinski definition) is 4. The van der Waals surface area contributed by atoms with Crippen molar-refractivity contribution in [3.05, 3.63) is 0 Å². The Hall–Kier alpha value is -0.160. The Morgan fingerprint density at radius 2 is 1.56 bits per heavy atom. The Morgan fingerprint density at radius 3 is 2.17 bits per heavy atom. The lowest BCUT2D eigenvalue weighted by atomic mass is 9.98. The predicted octanol–water partition coefficient (Wildman–Crippen LogP) is 0.696. The van der Waals surface area contributed by atoms with E-state index in [1.54, 1.807) is 0 Å². The highest BCUT2D eigenvalue weighted by molar-refractivity contribution is 4.89. The number of hydrogen-bond donors (Lipinski definition) is 1. The Labute approximate surface area is 110 Å². The molecule has 0 bridgehead atoms. The van der Waals surface area contributed by atoms with E-state index in [9.17, 15) is 5.11 Å². The molecule has 4 heteroatoms. The van der Waals surface area contributed by atoms with Crippen LogP contribution in [0.2, 0.25) is 0 Å². The van der Waals surface area contributed by atoms with Gasteiger partial charge in [0.15, 0.2) is 0 Å². The van der Waals surface area contributed by atoms with E-state index < -0.39 is 0 Å². The highest BCUT2D eigenvalue weighted by Gasteiger charge is 2.35. The summed E-state index contributed by atoms with van der Waals surface area (Å²) in [6.07, 6.45) is 6.45. The molecule has 2 atom stereocenters. The molecule has 0 aromatic carbocycles. The minimum atomic E-state index is -0.267. The fourth-order valence-electron chi connectivity index (χ4n) is 3.75. The summed E-state index contributed by atoms with van der Waals surface area (Å²) in [5.41, 5.74) is 0. The van der Waals surface area contributed by atoms with E-state index in [-0.39, 0.29) is 12.1 Å². The van der Waals surface area contributed by atoms with Crippen LogP contribution in [0.1, 0.15) is 32.1 Å². The molecule has 0 radical (unpaired) electrons. The summed E-state index contributed by atoms with van der Waals surface area (Å²) < 4.78 is 5.36. The zero-order valence-corrected chi connectivity index (χ0v) is 11.3. The molecule has 4 nitrogen and oxygen atoms in total. The fraction of sp³-hybridized carbons (Fsp3) is 1.00. The van der Waals surface area contributed by atoms with Gasteiger partial charge < -0.3 is 14.7 Å². The molecule has 104 valence electrons. The van der Waals surface area contributed by atoms with Crippen LogP contribution in [-0.4, -0.2) is 72.5 Å². The largest absolute Gasteiger partial charge is 0.389 e. The van der Waals surface area contributed by atoms with Crippen molar-refractivity contribution in [2.75, 3.05) is 39.4 Å². The second-order valence-electron chi connectivity index (χ2n) is 6.04. The molecular formula is C14H26N2O2. The lowest BCUT2D eigenvalue weighted by Gasteiger charge is -2.42. The molecule has 0 amide bonds. The summed E-state index contributed by atoms with van der Waals surface area (Å²) in [5.74, 6) is 0. The highest BCUT2D eigenvalue weighted by atomic mass is 16.5. The van der Waals surface area contributed by atoms with Gasteiger partial charge in [-0.2, -0.15) is 0 Å². The van der Waals surface area contributed by atoms with Gasteiger partial charge >= 0.3 is 0 Å². The Balaban J connectivity index is 1.48. The standard InChI is InChI=1S/C14H26N2O2/c17-14-11-18-10-13(14)16-8-4-12(5-9-16)15-6-2-1-3-7-15/h12-14,17H,1-11H2/t13?,14-/m0/s1. The summed E-state index contributed by atoms with van der Waals surface area (Å²) in [6.45, 7) is 6.12. The average molecular weight is 254 g/mol. The van der Waals surface area contributed by atoms with Gasteiger partial charge in [-0.15, -0.1) is 0 Å². The van der Waals surface area contributed by atoms with Crippen LogP contribution < -0.4 is 0 Å². The van der Waals surface area contributed by atoms with Gasteiger partial charge in [-0.3, -0.25) is 4.90 Å². The van der Waals surface area contributed by atoms with Crippen LogP contribution >= 0.6 is 0 Å². The van der Waals surface area contributed by atoms with Crippen LogP contribution in [0.5, 0.6) is 0 Å². The maximum absolute atomic E-state index is 9.88. The smallest absolute Gasteiger partial charge is 0.0950 e. The van der Waals surface area contributed by atoms with Gasteiger partial charge in [0.2, 0.25) is 0 Å². The summed E-state index contributed by atoms with van der Waals surface area (Å²) in [6, 6.07) is 1.05. The molecule has 1 N–H and O–H groups in total. The van der Waals surface area contributed by atoms with Crippen LogP contribution in [0.15, 0.2) is 0 Å². The number of likely N-dealkylation sites (tertiary alicyclic amines) is 2. The zero-order valence-electron chi connectivity index (χ0n) is 11.3. The molecule has 0 spiro atoms. The third-order valence-corrected chi connectivity index (χ3v) is 4.90. The Bertz CT molecular complexity index is 261. The minimum absolute atomic E-state index is 0.257. The van der Waals surface area contributed by atoms with Crippen molar-refractivity contribution in [3.63, 3.8) is 0 Å². The van der Waals surface area contributed by atoms with E-state index in [4.69, 9.17) is 4.74 Å². The quantitative estimate of drug-likeness (QED) is 0.787. The molecule has 3 aliphatic rings. The first kappa shape index (κ1) is 12.9. The second-order valence-corrected chi connectivity index (χ2v) is 6.04. The normalized spacial score (nSPS) is 37.2. The van der Waals surface area contributed by atoms with Gasteiger partial charge in [0.25, 0.3) is 0 Å². The zero-order chi connectivity index (χ0) is 12.4. The first-order chi connectivity index (χ1) is 8.84. The van der Waals surface area contributed by atoms with E-state index >= 15 is 0 Å². The number of aliphatic hydroxyl groups is 1. The molecule has 0 aromatic rings. The molecule has 3 heterocycles. The molecule has 3 rings (SSSR count). The van der Waals surface area contributed by atoms with Crippen molar-refractivity contribution in [3.8, 4) is 0 Å². The van der Waals surface area contributed by atoms with Gasteiger partial charge in [-0.1, -0.05) is 6.42 Å². The molecule has 3 aliphatic heterocycles. The molecule has 0 aromatic heterocycles. The van der Waals surface area contributed by atoms with E-state index in [1.165, 1.54) is 45.2 Å². The lowest BCUT2D eigenvalue weighted by molar-refractivity contribution is 0.0369. The second kappa shape index (κ2) is 5.87. The van der Waals surface area contributed by atoms with Crippen molar-refractivity contribution in [1.82, 2.24) is 9.80 Å². The summed E-state index contributed by atoms with van der Waals surface area (Å²) >= 11 is 0. The van der Waals surface area contributed by atoms with E-state index in [0.717, 1.165) is 25.7 Å². The molecule has 0 aliphatic carbocycles. The monoisotopic (exact) mass is 254 g/mol. The molecule has 18 heavy (non-hydrogen) atoms. The van der Waals surface area contributed by atoms with Crippen LogP contribution in [0.25, 0.3) is 0 Å². The predicted molar refractivity (Wildman–Crippen MR) is 70.6 cm³/mol. The summed E-state index contributed by atoms with van der Waals surface area (Å²) in [4.78, 5) is 5.14. The topological polar surface area (TPSA) is 35.9 Å². The van der Waals surface area contributed by atoms with Gasteiger partial charge in [0.1, 0.15) is 0 Å². The van der Waals surface area contributed by atoms with Gasteiger partial charge in [0.05, 0.1) is 25.4 Å². The van der Waals surface area contributed by atoms with Crippen LogP contribution in [-0.2, 0) is 4.74 Å². The number of ether oxygens (including phenoxy) is 1. The first-order valence-electron chi connectivity index (χ1n) is 7.58. The van der Waals surface area contributed by atoms with Gasteiger partial charge in [-0.05, 0) is 38.8 Å². The van der Waals surface area contributed by atoms with Crippen molar-refractivity contribution in [1.29, 1.82) is 0 Å². The molecule has 0 saturated carbocycles. The van der Waals surface area contributed by atoms with E-state index in [0.29, 0.717) is 6.61 Å². The van der Waals surface area contributed by atoms with Crippen molar-refractivity contribution < 1.29 is 9.84 Å². The van der Waals surface area contributed by atoms with Crippen molar-refractivity contribution >= 4 is 0 Å². The van der Waals surface area contributed by atoms with Crippen molar-refractivity contribution in [2.24, 2.45) is 0 Å². The van der Waals surface area contributed by atoms with Crippen molar-refractivity contribution in [2.45, 2.75) is 50.3 Å². The van der Waals surface area contributed by atoms with Gasteiger partial charge in [0, 0.05) is 19.1 Å². The Kier molecular flexibility index (Phi) is 4.19. The Morgan fingerprint density at radius 1 is 0.833 bits per heavy atom. The third kappa shape index (κ3) is 2.72. The van der Waals surface area contributed by atoms with E-state index in [1.807, 2.05) is 0 Å². The first-order valence-corrected chi connectivity index (χ1v) is 7.58. The molecule has 3 saturated heterocycles. The molecule has 3 fully saturated rings. The number of aliphatic hydroxyl groups excluding tert-OH is 1. The van der Waals surface area contributed by atoms with E-state index in [2.05, 4.69) is 9.80 Å². The third-order valence-electron chi connectivity index (χ3n) is 4.90. The van der Waals surface area contributed by atoms with Crippen LogP contribution in [0, 0.1) is 0 Å².